The zero-order valence-corrected chi connectivity index (χ0v) is 9.64. The second kappa shape index (κ2) is 3.97. The molecule has 1 atom stereocenters. The summed E-state index contributed by atoms with van der Waals surface area (Å²) in [7, 11) is 0. The average molecular weight is 249 g/mol. The number of piperidine rings is 1. The molecular weight excluding hydrogens is 235 g/mol. The lowest BCUT2D eigenvalue weighted by Crippen LogP contribution is -2.39. The minimum Gasteiger partial charge on any atom is -0.337 e. The average Bonchev–Trinajstić information content (AvgIpc) is 2.65. The van der Waals surface area contributed by atoms with E-state index < -0.39 is 12.0 Å². The van der Waals surface area contributed by atoms with E-state index in [2.05, 4.69) is 15.5 Å². The summed E-state index contributed by atoms with van der Waals surface area (Å²) in [6, 6.07) is -0.320. The Morgan fingerprint density at radius 1 is 1.41 bits per heavy atom. The van der Waals surface area contributed by atoms with Gasteiger partial charge in [0.1, 0.15) is 0 Å². The summed E-state index contributed by atoms with van der Waals surface area (Å²) in [4.78, 5) is 3.44. The first-order valence-electron chi connectivity index (χ1n) is 5.45. The van der Waals surface area contributed by atoms with Gasteiger partial charge in [0.25, 0.3) is 5.82 Å². The van der Waals surface area contributed by atoms with Gasteiger partial charge in [-0.2, -0.15) is 18.2 Å². The maximum Gasteiger partial charge on any atom is 0.455 e. The van der Waals surface area contributed by atoms with Gasteiger partial charge in [0.15, 0.2) is 0 Å². The monoisotopic (exact) mass is 249 g/mol. The zero-order chi connectivity index (χ0) is 12.7. The van der Waals surface area contributed by atoms with Crippen LogP contribution in [-0.2, 0) is 6.18 Å². The second-order valence-electron chi connectivity index (χ2n) is 4.93. The largest absolute Gasteiger partial charge is 0.455 e. The molecule has 96 valence electrons. The van der Waals surface area contributed by atoms with Crippen molar-refractivity contribution in [3.05, 3.63) is 11.7 Å². The van der Waals surface area contributed by atoms with E-state index in [0.29, 0.717) is 0 Å². The van der Waals surface area contributed by atoms with Gasteiger partial charge in [-0.15, -0.1) is 0 Å². The lowest BCUT2D eigenvalue weighted by molar-refractivity contribution is -0.146. The molecule has 17 heavy (non-hydrogen) atoms. The van der Waals surface area contributed by atoms with E-state index in [1.807, 2.05) is 13.8 Å². The Hall–Kier alpha value is -1.11. The van der Waals surface area contributed by atoms with Crippen LogP contribution in [0.1, 0.15) is 44.4 Å². The minimum atomic E-state index is -4.56. The first-order chi connectivity index (χ1) is 7.81. The Morgan fingerprint density at radius 3 is 2.65 bits per heavy atom. The molecule has 1 aliphatic rings. The van der Waals surface area contributed by atoms with Crippen molar-refractivity contribution in [1.82, 2.24) is 15.5 Å². The molecule has 0 spiro atoms. The fourth-order valence-electron chi connectivity index (χ4n) is 2.10. The molecule has 2 rings (SSSR count). The third-order valence-electron chi connectivity index (χ3n) is 3.07. The van der Waals surface area contributed by atoms with Gasteiger partial charge in [0.2, 0.25) is 5.89 Å². The van der Waals surface area contributed by atoms with Crippen LogP contribution in [0.4, 0.5) is 13.2 Å². The summed E-state index contributed by atoms with van der Waals surface area (Å²) in [6.07, 6.45) is -2.65. The summed E-state index contributed by atoms with van der Waals surface area (Å²) in [5.74, 6) is -1.20. The van der Waals surface area contributed by atoms with E-state index in [4.69, 9.17) is 4.52 Å². The Kier molecular flexibility index (Phi) is 2.89. The molecule has 4 nitrogen and oxygen atoms in total. The third kappa shape index (κ3) is 2.43. The molecule has 7 heteroatoms. The van der Waals surface area contributed by atoms with Crippen LogP contribution >= 0.6 is 0 Å². The summed E-state index contributed by atoms with van der Waals surface area (Å²) < 4.78 is 41.8. The molecule has 1 aromatic rings. The number of aromatic nitrogens is 2. The van der Waals surface area contributed by atoms with Crippen molar-refractivity contribution in [3.63, 3.8) is 0 Å². The maximum atomic E-state index is 12.4. The lowest BCUT2D eigenvalue weighted by atomic mass is 9.77. The summed E-state index contributed by atoms with van der Waals surface area (Å²) in [5.41, 5.74) is -0.187. The highest BCUT2D eigenvalue weighted by Crippen LogP contribution is 2.40. The van der Waals surface area contributed by atoms with Crippen LogP contribution in [0.3, 0.4) is 0 Å². The standard InChI is InChI=1S/C10H14F3N3O/c1-9(2)4-3-5-14-6(9)7-15-8(16-17-7)10(11,12)13/h6,14H,3-5H2,1-2H3. The van der Waals surface area contributed by atoms with E-state index >= 15 is 0 Å². The van der Waals surface area contributed by atoms with Crippen LogP contribution in [0.2, 0.25) is 0 Å². The van der Waals surface area contributed by atoms with Gasteiger partial charge in [-0.1, -0.05) is 19.0 Å². The van der Waals surface area contributed by atoms with E-state index in [1.54, 1.807) is 0 Å². The van der Waals surface area contributed by atoms with Gasteiger partial charge in [-0.05, 0) is 24.8 Å². The Labute approximate surface area is 96.6 Å². The van der Waals surface area contributed by atoms with Crippen LogP contribution in [0, 0.1) is 5.41 Å². The number of rotatable bonds is 1. The van der Waals surface area contributed by atoms with Crippen LogP contribution in [0.15, 0.2) is 4.52 Å². The number of nitrogens with one attached hydrogen (secondary N) is 1. The molecule has 1 saturated heterocycles. The Bertz CT molecular complexity index is 400. The van der Waals surface area contributed by atoms with Crippen molar-refractivity contribution in [2.45, 2.75) is 38.9 Å². The van der Waals surface area contributed by atoms with Gasteiger partial charge >= 0.3 is 6.18 Å². The van der Waals surface area contributed by atoms with E-state index in [9.17, 15) is 13.2 Å². The smallest absolute Gasteiger partial charge is 0.337 e. The molecule has 1 aromatic heterocycles. The van der Waals surface area contributed by atoms with Crippen LogP contribution in [-0.4, -0.2) is 16.7 Å². The Morgan fingerprint density at radius 2 is 2.12 bits per heavy atom. The minimum absolute atomic E-state index is 0.0158. The topological polar surface area (TPSA) is 51.0 Å². The zero-order valence-electron chi connectivity index (χ0n) is 9.64. The summed E-state index contributed by atoms with van der Waals surface area (Å²) >= 11 is 0. The first kappa shape index (κ1) is 12.3. The van der Waals surface area contributed by atoms with Crippen molar-refractivity contribution in [2.24, 2.45) is 5.41 Å². The first-order valence-corrected chi connectivity index (χ1v) is 5.45. The second-order valence-corrected chi connectivity index (χ2v) is 4.93. The quantitative estimate of drug-likeness (QED) is 0.831. The number of nitrogens with zero attached hydrogens (tertiary/aromatic N) is 2. The molecule has 1 unspecified atom stereocenters. The lowest BCUT2D eigenvalue weighted by Gasteiger charge is -2.36. The summed E-state index contributed by atoms with van der Waals surface area (Å²) in [5, 5.41) is 6.10. The van der Waals surface area contributed by atoms with E-state index in [-0.39, 0.29) is 17.3 Å². The molecule has 2 heterocycles. The fraction of sp³-hybridized carbons (Fsp3) is 0.800. The van der Waals surface area contributed by atoms with Crippen LogP contribution < -0.4 is 5.32 Å². The maximum absolute atomic E-state index is 12.4. The van der Waals surface area contributed by atoms with Crippen LogP contribution in [0.25, 0.3) is 0 Å². The van der Waals surface area contributed by atoms with E-state index in [0.717, 1.165) is 19.4 Å². The predicted molar refractivity (Wildman–Crippen MR) is 53.1 cm³/mol. The molecular formula is C10H14F3N3O. The van der Waals surface area contributed by atoms with Crippen molar-refractivity contribution < 1.29 is 17.7 Å². The molecule has 0 bridgehead atoms. The molecule has 0 saturated carbocycles. The van der Waals surface area contributed by atoms with Gasteiger partial charge in [0, 0.05) is 0 Å². The van der Waals surface area contributed by atoms with Gasteiger partial charge in [0.05, 0.1) is 6.04 Å². The predicted octanol–water partition coefficient (Wildman–Crippen LogP) is 2.54. The highest BCUT2D eigenvalue weighted by molar-refractivity contribution is 5.02. The molecule has 0 aliphatic carbocycles. The number of hydrogen-bond acceptors (Lipinski definition) is 4. The number of alkyl halides is 3. The highest BCUT2D eigenvalue weighted by Gasteiger charge is 2.41. The van der Waals surface area contributed by atoms with Crippen molar-refractivity contribution in [1.29, 1.82) is 0 Å². The molecule has 1 fully saturated rings. The summed E-state index contributed by atoms with van der Waals surface area (Å²) in [6.45, 7) is 4.69. The molecule has 1 aliphatic heterocycles. The van der Waals surface area contributed by atoms with Gasteiger partial charge < -0.3 is 9.84 Å². The highest BCUT2D eigenvalue weighted by atomic mass is 19.4. The van der Waals surface area contributed by atoms with Crippen molar-refractivity contribution in [3.8, 4) is 0 Å². The molecule has 0 radical (unpaired) electrons. The van der Waals surface area contributed by atoms with Gasteiger partial charge in [-0.25, -0.2) is 0 Å². The van der Waals surface area contributed by atoms with Crippen molar-refractivity contribution in [2.75, 3.05) is 6.54 Å². The fourth-order valence-corrected chi connectivity index (χ4v) is 2.10. The molecule has 0 aromatic carbocycles. The van der Waals surface area contributed by atoms with Crippen molar-refractivity contribution >= 4 is 0 Å². The number of hydrogen-bond donors (Lipinski definition) is 1. The van der Waals surface area contributed by atoms with Gasteiger partial charge in [-0.3, -0.25) is 0 Å². The van der Waals surface area contributed by atoms with E-state index in [1.165, 1.54) is 0 Å². The van der Waals surface area contributed by atoms with Crippen LogP contribution in [0.5, 0.6) is 0 Å². The Balaban J connectivity index is 2.25. The third-order valence-corrected chi connectivity index (χ3v) is 3.07. The SMILES string of the molecule is CC1(C)CCCNC1c1nc(C(F)(F)F)no1. The number of halogens is 3. The molecule has 0 amide bonds. The normalized spacial score (nSPS) is 24.9. The molecule has 1 N–H and O–H groups in total.